The van der Waals surface area contributed by atoms with Crippen molar-refractivity contribution in [3.8, 4) is 0 Å². The van der Waals surface area contributed by atoms with E-state index in [-0.39, 0.29) is 6.15 Å². The third kappa shape index (κ3) is 10.7. The fourth-order valence-electron chi connectivity index (χ4n) is 0. The van der Waals surface area contributed by atoms with E-state index < -0.39 is 10.4 Å². The van der Waals surface area contributed by atoms with Crippen molar-refractivity contribution in [2.45, 2.75) is 0 Å². The van der Waals surface area contributed by atoms with Crippen LogP contribution in [-0.4, -0.2) is 13.0 Å². The van der Waals surface area contributed by atoms with Gasteiger partial charge in [-0.1, -0.05) is 0 Å². The molecule has 0 aromatic heterocycles. The third-order valence-electron chi connectivity index (χ3n) is 0.0796. The summed E-state index contributed by atoms with van der Waals surface area (Å²) in [4.78, 5) is 0. The first-order valence-electron chi connectivity index (χ1n) is 0.837. The summed E-state index contributed by atoms with van der Waals surface area (Å²) in [6.07, 6.45) is 0. The van der Waals surface area contributed by atoms with Gasteiger partial charge in [0.15, 0.2) is 0 Å². The number of rotatable bonds is 1. The lowest BCUT2D eigenvalue weighted by Crippen LogP contribution is -1.93. The second-order valence-corrected chi connectivity index (χ2v) is 1.47. The average Bonchev–Trinajstić information content (AvgIpc) is 1.35. The van der Waals surface area contributed by atoms with E-state index in [9.17, 15) is 4.53 Å². The van der Waals surface area contributed by atoms with E-state index in [0.29, 0.717) is 0 Å². The predicted molar refractivity (Wildman–Crippen MR) is 18.8 cm³/mol. The maximum atomic E-state index is 10.2. The first kappa shape index (κ1) is 9.90. The maximum absolute atomic E-state index is 10.2. The molecular formula is H4FNO4S. The standard InChI is InChI=1S/FHO4S.H3N/c1-5-6(2,3)4;/h(H,2,3,4);1H3. The molecule has 0 aliphatic rings. The van der Waals surface area contributed by atoms with E-state index >= 15 is 0 Å². The molecule has 46 valence electrons. The second-order valence-electron chi connectivity index (χ2n) is 0.491. The van der Waals surface area contributed by atoms with E-state index in [1.165, 1.54) is 0 Å². The lowest BCUT2D eigenvalue weighted by molar-refractivity contribution is -0.0113. The summed E-state index contributed by atoms with van der Waals surface area (Å²) in [5.74, 6) is 0. The van der Waals surface area contributed by atoms with Gasteiger partial charge in [-0.15, -0.1) is 0 Å². The van der Waals surface area contributed by atoms with E-state index in [4.69, 9.17) is 13.0 Å². The zero-order chi connectivity index (χ0) is 5.21. The Morgan fingerprint density at radius 2 is 1.71 bits per heavy atom. The van der Waals surface area contributed by atoms with Gasteiger partial charge < -0.3 is 6.15 Å². The average molecular weight is 133 g/mol. The molecule has 0 bridgehead atoms. The molecule has 7 heavy (non-hydrogen) atoms. The van der Waals surface area contributed by atoms with Crippen LogP contribution in [0.2, 0.25) is 0 Å². The summed E-state index contributed by atoms with van der Waals surface area (Å²) >= 11 is 0. The van der Waals surface area contributed by atoms with Crippen molar-refractivity contribution in [2.75, 3.05) is 0 Å². The fraction of sp³-hybridized carbons (Fsp3) is 0. The Morgan fingerprint density at radius 3 is 1.71 bits per heavy atom. The Hall–Kier alpha value is -0.240. The first-order valence-corrected chi connectivity index (χ1v) is 2.20. The summed E-state index contributed by atoms with van der Waals surface area (Å²) in [6, 6.07) is 0. The van der Waals surface area contributed by atoms with Gasteiger partial charge in [-0.05, 0) is 8.91 Å². The van der Waals surface area contributed by atoms with Crippen LogP contribution in [0.1, 0.15) is 0 Å². The summed E-state index contributed by atoms with van der Waals surface area (Å²) in [5, 5.41) is 0. The maximum Gasteiger partial charge on any atom is 0.428 e. The Morgan fingerprint density at radius 1 is 1.57 bits per heavy atom. The molecule has 0 aromatic rings. The van der Waals surface area contributed by atoms with Gasteiger partial charge in [0.05, 0.1) is 0 Å². The van der Waals surface area contributed by atoms with Crippen molar-refractivity contribution >= 4 is 10.4 Å². The number of hydrogen-bond donors (Lipinski definition) is 2. The SMILES string of the molecule is N.O=S(=O)(O)OF. The van der Waals surface area contributed by atoms with Crippen LogP contribution in [0.4, 0.5) is 4.53 Å². The first-order chi connectivity index (χ1) is 2.56. The molecule has 0 radical (unpaired) electrons. The minimum absolute atomic E-state index is 0. The van der Waals surface area contributed by atoms with Gasteiger partial charge in [0.1, 0.15) is 0 Å². The molecule has 0 aromatic carbocycles. The Labute approximate surface area is 39.5 Å². The molecule has 0 rings (SSSR count). The Kier molecular flexibility index (Phi) is 4.04. The quantitative estimate of drug-likeness (QED) is 0.484. The largest absolute Gasteiger partial charge is 0.428 e. The van der Waals surface area contributed by atoms with E-state index in [1.54, 1.807) is 0 Å². The summed E-state index contributed by atoms with van der Waals surface area (Å²) in [6.45, 7) is 0. The van der Waals surface area contributed by atoms with Crippen molar-refractivity contribution in [2.24, 2.45) is 0 Å². The summed E-state index contributed by atoms with van der Waals surface area (Å²) in [5.41, 5.74) is 0. The minimum Gasteiger partial charge on any atom is -0.344 e. The fourth-order valence-corrected chi connectivity index (χ4v) is 0. The Balaban J connectivity index is 0. The molecule has 0 aliphatic carbocycles. The highest BCUT2D eigenvalue weighted by Crippen LogP contribution is 1.81. The lowest BCUT2D eigenvalue weighted by Gasteiger charge is -1.75. The number of halogens is 1. The monoisotopic (exact) mass is 133 g/mol. The van der Waals surface area contributed by atoms with Crippen molar-refractivity contribution < 1.29 is 21.9 Å². The van der Waals surface area contributed by atoms with Crippen molar-refractivity contribution in [1.82, 2.24) is 6.15 Å². The third-order valence-corrected chi connectivity index (χ3v) is 0.239. The van der Waals surface area contributed by atoms with Crippen LogP contribution in [0, 0.1) is 0 Å². The van der Waals surface area contributed by atoms with Gasteiger partial charge >= 0.3 is 10.4 Å². The molecule has 0 atom stereocenters. The summed E-state index contributed by atoms with van der Waals surface area (Å²) in [7, 11) is -4.83. The van der Waals surface area contributed by atoms with Crippen LogP contribution < -0.4 is 6.15 Å². The normalized spacial score (nSPS) is 10.0. The zero-order valence-electron chi connectivity index (χ0n) is 3.17. The molecule has 0 amide bonds. The highest BCUT2D eigenvalue weighted by Gasteiger charge is 1.99. The van der Waals surface area contributed by atoms with Gasteiger partial charge in [-0.25, -0.2) is 0 Å². The van der Waals surface area contributed by atoms with Gasteiger partial charge in [-0.2, -0.15) is 8.42 Å². The topological polar surface area (TPSA) is 98.6 Å². The molecule has 4 N–H and O–H groups in total. The molecule has 0 fully saturated rings. The molecule has 0 aliphatic heterocycles. The van der Waals surface area contributed by atoms with E-state index in [1.807, 2.05) is 4.39 Å². The van der Waals surface area contributed by atoms with Crippen LogP contribution in [0.3, 0.4) is 0 Å². The van der Waals surface area contributed by atoms with Crippen molar-refractivity contribution in [3.63, 3.8) is 0 Å². The smallest absolute Gasteiger partial charge is 0.344 e. The Bertz CT molecular complexity index is 114. The molecule has 0 heterocycles. The van der Waals surface area contributed by atoms with Crippen LogP contribution in [0.15, 0.2) is 0 Å². The highest BCUT2D eigenvalue weighted by atomic mass is 32.3. The number of hydrogen-bond acceptors (Lipinski definition) is 4. The van der Waals surface area contributed by atoms with Gasteiger partial charge in [0, 0.05) is 0 Å². The van der Waals surface area contributed by atoms with Crippen LogP contribution in [-0.2, 0) is 14.8 Å². The van der Waals surface area contributed by atoms with Crippen LogP contribution >= 0.6 is 0 Å². The molecule has 0 spiro atoms. The second kappa shape index (κ2) is 2.86. The highest BCUT2D eigenvalue weighted by molar-refractivity contribution is 7.80. The molecule has 0 saturated heterocycles. The van der Waals surface area contributed by atoms with Crippen molar-refractivity contribution in [3.05, 3.63) is 0 Å². The van der Waals surface area contributed by atoms with Crippen LogP contribution in [0.25, 0.3) is 0 Å². The minimum atomic E-state index is -4.83. The van der Waals surface area contributed by atoms with Gasteiger partial charge in [0.25, 0.3) is 0 Å². The van der Waals surface area contributed by atoms with Gasteiger partial charge in [0.2, 0.25) is 0 Å². The van der Waals surface area contributed by atoms with Crippen molar-refractivity contribution in [1.29, 1.82) is 0 Å². The molecule has 7 heteroatoms. The summed E-state index contributed by atoms with van der Waals surface area (Å²) < 4.78 is 37.2. The van der Waals surface area contributed by atoms with E-state index in [2.05, 4.69) is 0 Å². The molecular weight excluding hydrogens is 129 g/mol. The van der Waals surface area contributed by atoms with Gasteiger partial charge in [-0.3, -0.25) is 4.55 Å². The molecule has 5 nitrogen and oxygen atoms in total. The van der Waals surface area contributed by atoms with Crippen LogP contribution in [0.5, 0.6) is 0 Å². The zero-order valence-corrected chi connectivity index (χ0v) is 3.98. The lowest BCUT2D eigenvalue weighted by atomic mass is 14.0. The predicted octanol–water partition coefficient (Wildman–Crippen LogP) is -0.148. The van der Waals surface area contributed by atoms with E-state index in [0.717, 1.165) is 0 Å². The molecule has 0 saturated carbocycles. The molecule has 0 unspecified atom stereocenters.